The first-order valence-corrected chi connectivity index (χ1v) is 8.92. The zero-order chi connectivity index (χ0) is 18.9. The van der Waals surface area contributed by atoms with E-state index in [0.29, 0.717) is 23.5 Å². The summed E-state index contributed by atoms with van der Waals surface area (Å²) in [6.45, 7) is 6.42. The average Bonchev–Trinajstić information content (AvgIpc) is 2.62. The molecule has 2 amide bonds. The fourth-order valence-electron chi connectivity index (χ4n) is 2.38. The zero-order valence-corrected chi connectivity index (χ0v) is 15.5. The standard InChI is InChI=1S/C21H26N2O3/c1-4-5-13-22-21(25)17-9-11-18(12-10-17)23-20(24)16(3)26-19-8-6-7-15(2)14-19/h6-12,14,16H,4-5,13H2,1-3H3,(H,22,25)(H,23,24). The number of amides is 2. The molecule has 0 bridgehead atoms. The highest BCUT2D eigenvalue weighted by atomic mass is 16.5. The van der Waals surface area contributed by atoms with Crippen molar-refractivity contribution in [1.82, 2.24) is 5.32 Å². The summed E-state index contributed by atoms with van der Waals surface area (Å²) in [6.07, 6.45) is 1.36. The van der Waals surface area contributed by atoms with Crippen LogP contribution in [0.15, 0.2) is 48.5 Å². The second-order valence-corrected chi connectivity index (χ2v) is 6.25. The maximum Gasteiger partial charge on any atom is 0.265 e. The first kappa shape index (κ1) is 19.5. The van der Waals surface area contributed by atoms with Crippen LogP contribution in [0.4, 0.5) is 5.69 Å². The Kier molecular flexibility index (Phi) is 7.21. The summed E-state index contributed by atoms with van der Waals surface area (Å²) in [7, 11) is 0. The van der Waals surface area contributed by atoms with Crippen molar-refractivity contribution in [2.45, 2.75) is 39.7 Å². The number of benzene rings is 2. The lowest BCUT2D eigenvalue weighted by atomic mass is 10.2. The molecule has 0 fully saturated rings. The molecule has 0 saturated carbocycles. The van der Waals surface area contributed by atoms with Gasteiger partial charge < -0.3 is 15.4 Å². The summed E-state index contributed by atoms with van der Waals surface area (Å²) in [5.74, 6) is 0.311. The van der Waals surface area contributed by atoms with Gasteiger partial charge in [-0.15, -0.1) is 0 Å². The van der Waals surface area contributed by atoms with E-state index in [4.69, 9.17) is 4.74 Å². The molecule has 1 atom stereocenters. The lowest BCUT2D eigenvalue weighted by Crippen LogP contribution is -2.30. The summed E-state index contributed by atoms with van der Waals surface area (Å²) in [5.41, 5.74) is 2.27. The van der Waals surface area contributed by atoms with Crippen molar-refractivity contribution in [1.29, 1.82) is 0 Å². The van der Waals surface area contributed by atoms with Gasteiger partial charge in [0, 0.05) is 17.8 Å². The molecule has 0 heterocycles. The van der Waals surface area contributed by atoms with Crippen LogP contribution in [-0.2, 0) is 4.79 Å². The van der Waals surface area contributed by atoms with Gasteiger partial charge in [0.1, 0.15) is 5.75 Å². The molecule has 138 valence electrons. The molecule has 26 heavy (non-hydrogen) atoms. The number of rotatable bonds is 8. The molecule has 5 heteroatoms. The molecule has 2 aromatic carbocycles. The number of hydrogen-bond acceptors (Lipinski definition) is 3. The third-order valence-corrected chi connectivity index (χ3v) is 3.90. The van der Waals surface area contributed by atoms with E-state index in [-0.39, 0.29) is 11.8 Å². The van der Waals surface area contributed by atoms with Gasteiger partial charge in [-0.05, 0) is 62.2 Å². The van der Waals surface area contributed by atoms with Crippen LogP contribution in [0.1, 0.15) is 42.6 Å². The molecule has 0 spiro atoms. The lowest BCUT2D eigenvalue weighted by Gasteiger charge is -2.15. The Labute approximate surface area is 154 Å². The smallest absolute Gasteiger partial charge is 0.265 e. The fourth-order valence-corrected chi connectivity index (χ4v) is 2.38. The normalized spacial score (nSPS) is 11.5. The Morgan fingerprint density at radius 2 is 1.85 bits per heavy atom. The number of nitrogens with one attached hydrogen (secondary N) is 2. The van der Waals surface area contributed by atoms with Gasteiger partial charge in [-0.1, -0.05) is 25.5 Å². The highest BCUT2D eigenvalue weighted by Gasteiger charge is 2.15. The van der Waals surface area contributed by atoms with Crippen LogP contribution in [0.2, 0.25) is 0 Å². The van der Waals surface area contributed by atoms with Crippen LogP contribution in [0.25, 0.3) is 0 Å². The lowest BCUT2D eigenvalue weighted by molar-refractivity contribution is -0.122. The number of hydrogen-bond donors (Lipinski definition) is 2. The summed E-state index contributed by atoms with van der Waals surface area (Å²) in [5, 5.41) is 5.66. The van der Waals surface area contributed by atoms with Crippen molar-refractivity contribution >= 4 is 17.5 Å². The van der Waals surface area contributed by atoms with E-state index in [9.17, 15) is 9.59 Å². The molecule has 2 aromatic rings. The molecule has 0 radical (unpaired) electrons. The summed E-state index contributed by atoms with van der Waals surface area (Å²) in [6, 6.07) is 14.4. The molecular weight excluding hydrogens is 328 g/mol. The maximum absolute atomic E-state index is 12.3. The van der Waals surface area contributed by atoms with E-state index >= 15 is 0 Å². The second kappa shape index (κ2) is 9.61. The molecule has 0 aliphatic carbocycles. The van der Waals surface area contributed by atoms with Gasteiger partial charge in [0.15, 0.2) is 6.10 Å². The number of ether oxygens (including phenoxy) is 1. The number of carbonyl (C=O) groups is 2. The van der Waals surface area contributed by atoms with Crippen LogP contribution < -0.4 is 15.4 Å². The van der Waals surface area contributed by atoms with Gasteiger partial charge in [-0.25, -0.2) is 0 Å². The Morgan fingerprint density at radius 3 is 2.50 bits per heavy atom. The predicted octanol–water partition coefficient (Wildman–Crippen LogP) is 3.93. The third-order valence-electron chi connectivity index (χ3n) is 3.90. The highest BCUT2D eigenvalue weighted by molar-refractivity contribution is 5.96. The van der Waals surface area contributed by atoms with Crippen LogP contribution in [0.5, 0.6) is 5.75 Å². The molecule has 5 nitrogen and oxygen atoms in total. The summed E-state index contributed by atoms with van der Waals surface area (Å²) in [4.78, 5) is 24.3. The Balaban J connectivity index is 1.89. The fraction of sp³-hybridized carbons (Fsp3) is 0.333. The Hall–Kier alpha value is -2.82. The van der Waals surface area contributed by atoms with Crippen molar-refractivity contribution in [3.63, 3.8) is 0 Å². The third kappa shape index (κ3) is 5.92. The Bertz CT molecular complexity index is 741. The molecule has 0 aromatic heterocycles. The van der Waals surface area contributed by atoms with E-state index in [1.807, 2.05) is 31.2 Å². The quantitative estimate of drug-likeness (QED) is 0.706. The largest absolute Gasteiger partial charge is 0.481 e. The van der Waals surface area contributed by atoms with Gasteiger partial charge in [0.2, 0.25) is 0 Å². The van der Waals surface area contributed by atoms with Crippen LogP contribution in [0, 0.1) is 6.92 Å². The number of aryl methyl sites for hydroxylation is 1. The van der Waals surface area contributed by atoms with Crippen molar-refractivity contribution in [3.05, 3.63) is 59.7 Å². The van der Waals surface area contributed by atoms with E-state index in [1.54, 1.807) is 31.2 Å². The first-order chi connectivity index (χ1) is 12.5. The van der Waals surface area contributed by atoms with Crippen molar-refractivity contribution in [2.24, 2.45) is 0 Å². The second-order valence-electron chi connectivity index (χ2n) is 6.25. The van der Waals surface area contributed by atoms with Crippen LogP contribution in [-0.4, -0.2) is 24.5 Å². The zero-order valence-electron chi connectivity index (χ0n) is 15.5. The Morgan fingerprint density at radius 1 is 1.12 bits per heavy atom. The highest BCUT2D eigenvalue weighted by Crippen LogP contribution is 2.15. The molecule has 2 rings (SSSR count). The topological polar surface area (TPSA) is 67.4 Å². The van der Waals surface area contributed by atoms with Gasteiger partial charge in [0.25, 0.3) is 11.8 Å². The monoisotopic (exact) mass is 354 g/mol. The SMILES string of the molecule is CCCCNC(=O)c1ccc(NC(=O)C(C)Oc2cccc(C)c2)cc1. The summed E-state index contributed by atoms with van der Waals surface area (Å²) >= 11 is 0. The van der Waals surface area contributed by atoms with E-state index < -0.39 is 6.10 Å². The minimum atomic E-state index is -0.631. The van der Waals surface area contributed by atoms with E-state index in [0.717, 1.165) is 18.4 Å². The van der Waals surface area contributed by atoms with E-state index in [2.05, 4.69) is 17.6 Å². The van der Waals surface area contributed by atoms with Crippen molar-refractivity contribution in [3.8, 4) is 5.75 Å². The van der Waals surface area contributed by atoms with Gasteiger partial charge >= 0.3 is 0 Å². The van der Waals surface area contributed by atoms with Gasteiger partial charge in [-0.2, -0.15) is 0 Å². The molecule has 1 unspecified atom stereocenters. The minimum absolute atomic E-state index is 0.104. The maximum atomic E-state index is 12.3. The van der Waals surface area contributed by atoms with Gasteiger partial charge in [-0.3, -0.25) is 9.59 Å². The number of anilines is 1. The predicted molar refractivity (Wildman–Crippen MR) is 104 cm³/mol. The van der Waals surface area contributed by atoms with Crippen molar-refractivity contribution < 1.29 is 14.3 Å². The molecule has 0 saturated heterocycles. The van der Waals surface area contributed by atoms with Crippen LogP contribution >= 0.6 is 0 Å². The minimum Gasteiger partial charge on any atom is -0.481 e. The molecule has 2 N–H and O–H groups in total. The summed E-state index contributed by atoms with van der Waals surface area (Å²) < 4.78 is 5.67. The van der Waals surface area contributed by atoms with Gasteiger partial charge in [0.05, 0.1) is 0 Å². The molecule has 0 aliphatic heterocycles. The van der Waals surface area contributed by atoms with Crippen LogP contribution in [0.3, 0.4) is 0 Å². The number of unbranched alkanes of at least 4 members (excludes halogenated alkanes) is 1. The van der Waals surface area contributed by atoms with E-state index in [1.165, 1.54) is 0 Å². The average molecular weight is 354 g/mol. The molecule has 0 aliphatic rings. The molecular formula is C21H26N2O3. The number of carbonyl (C=O) groups excluding carboxylic acids is 2. The van der Waals surface area contributed by atoms with Crippen molar-refractivity contribution in [2.75, 3.05) is 11.9 Å². The first-order valence-electron chi connectivity index (χ1n) is 8.92.